The molecule has 0 radical (unpaired) electrons. The van der Waals surface area contributed by atoms with E-state index in [1.807, 2.05) is 0 Å². The molecular weight excluding hydrogens is 264 g/mol. The average Bonchev–Trinajstić information content (AvgIpc) is 2.65. The van der Waals surface area contributed by atoms with Crippen molar-refractivity contribution in [1.29, 1.82) is 0 Å². The molecule has 1 saturated heterocycles. The van der Waals surface area contributed by atoms with E-state index in [-0.39, 0.29) is 0 Å². The highest BCUT2D eigenvalue weighted by Gasteiger charge is 2.19. The second-order valence-corrected chi connectivity index (χ2v) is 6.33. The summed E-state index contributed by atoms with van der Waals surface area (Å²) in [5.74, 6) is 0. The molecule has 2 N–H and O–H groups in total. The number of aryl methyl sites for hydroxylation is 1. The summed E-state index contributed by atoms with van der Waals surface area (Å²) >= 11 is 5.05. The molecule has 1 unspecified atom stereocenters. The van der Waals surface area contributed by atoms with Crippen LogP contribution in [0.1, 0.15) is 55.7 Å². The van der Waals surface area contributed by atoms with Gasteiger partial charge in [-0.3, -0.25) is 4.90 Å². The van der Waals surface area contributed by atoms with Crippen molar-refractivity contribution in [3.63, 3.8) is 0 Å². The number of thiocarbonyl (C=S) groups is 1. The van der Waals surface area contributed by atoms with Crippen molar-refractivity contribution in [3.8, 4) is 0 Å². The van der Waals surface area contributed by atoms with Gasteiger partial charge < -0.3 is 5.73 Å². The third-order valence-electron chi connectivity index (χ3n) is 4.47. The lowest BCUT2D eigenvalue weighted by molar-refractivity contribution is 0.186. The van der Waals surface area contributed by atoms with Gasteiger partial charge in [0.05, 0.1) is 0 Å². The van der Waals surface area contributed by atoms with Gasteiger partial charge in [0.1, 0.15) is 4.99 Å². The van der Waals surface area contributed by atoms with Gasteiger partial charge in [-0.1, -0.05) is 44.1 Å². The first-order chi connectivity index (χ1) is 9.61. The van der Waals surface area contributed by atoms with Crippen LogP contribution in [0.5, 0.6) is 0 Å². The van der Waals surface area contributed by atoms with Crippen molar-refractivity contribution >= 4 is 17.2 Å². The molecule has 0 aromatic heterocycles. The molecule has 3 heteroatoms. The molecule has 0 bridgehead atoms. The zero-order valence-electron chi connectivity index (χ0n) is 12.7. The second-order valence-electron chi connectivity index (χ2n) is 5.89. The number of hydrogen-bond donors (Lipinski definition) is 1. The third kappa shape index (κ3) is 3.80. The number of benzene rings is 1. The van der Waals surface area contributed by atoms with Gasteiger partial charge in [-0.25, -0.2) is 0 Å². The van der Waals surface area contributed by atoms with Crippen LogP contribution in [0.4, 0.5) is 0 Å². The minimum Gasteiger partial charge on any atom is -0.389 e. The maximum Gasteiger partial charge on any atom is 0.103 e. The minimum atomic E-state index is 0.487. The predicted molar refractivity (Wildman–Crippen MR) is 90.0 cm³/mol. The maximum absolute atomic E-state index is 5.70. The van der Waals surface area contributed by atoms with Crippen LogP contribution in [0.3, 0.4) is 0 Å². The zero-order valence-corrected chi connectivity index (χ0v) is 13.5. The fourth-order valence-electron chi connectivity index (χ4n) is 3.15. The highest BCUT2D eigenvalue weighted by atomic mass is 32.1. The van der Waals surface area contributed by atoms with Gasteiger partial charge in [0, 0.05) is 18.2 Å². The second kappa shape index (κ2) is 7.19. The van der Waals surface area contributed by atoms with Gasteiger partial charge >= 0.3 is 0 Å². The van der Waals surface area contributed by atoms with Gasteiger partial charge in [0.25, 0.3) is 0 Å². The molecule has 1 aliphatic rings. The van der Waals surface area contributed by atoms with Crippen molar-refractivity contribution in [2.24, 2.45) is 5.73 Å². The Kier molecular flexibility index (Phi) is 5.55. The molecule has 1 atom stereocenters. The summed E-state index contributed by atoms with van der Waals surface area (Å²) in [6, 6.07) is 7.12. The van der Waals surface area contributed by atoms with Gasteiger partial charge in [0.2, 0.25) is 0 Å². The van der Waals surface area contributed by atoms with Gasteiger partial charge in [0.15, 0.2) is 0 Å². The Morgan fingerprint density at radius 3 is 2.80 bits per heavy atom. The predicted octanol–water partition coefficient (Wildman–Crippen LogP) is 3.78. The number of likely N-dealkylation sites (tertiary alicyclic amines) is 1. The molecule has 20 heavy (non-hydrogen) atoms. The Hall–Kier alpha value is -0.930. The number of nitrogens with two attached hydrogens (primary N) is 1. The van der Waals surface area contributed by atoms with Crippen LogP contribution in [0.25, 0.3) is 0 Å². The van der Waals surface area contributed by atoms with E-state index in [2.05, 4.69) is 36.9 Å². The van der Waals surface area contributed by atoms with E-state index >= 15 is 0 Å². The van der Waals surface area contributed by atoms with Crippen LogP contribution in [0.15, 0.2) is 18.2 Å². The first-order valence-electron chi connectivity index (χ1n) is 7.75. The summed E-state index contributed by atoms with van der Waals surface area (Å²) in [7, 11) is 0. The third-order valence-corrected chi connectivity index (χ3v) is 4.71. The van der Waals surface area contributed by atoms with Crippen molar-refractivity contribution in [2.75, 3.05) is 6.54 Å². The van der Waals surface area contributed by atoms with E-state index in [4.69, 9.17) is 18.0 Å². The largest absolute Gasteiger partial charge is 0.389 e. The summed E-state index contributed by atoms with van der Waals surface area (Å²) in [4.78, 5) is 3.15. The SMILES string of the molecule is CCC1CCCCCN1Cc1ccc(C(N)=S)cc1C. The minimum absolute atomic E-state index is 0.487. The summed E-state index contributed by atoms with van der Waals surface area (Å²) in [6.45, 7) is 6.76. The van der Waals surface area contributed by atoms with Crippen LogP contribution in [0, 0.1) is 6.92 Å². The van der Waals surface area contributed by atoms with Crippen LogP contribution < -0.4 is 5.73 Å². The van der Waals surface area contributed by atoms with E-state index in [1.165, 1.54) is 49.8 Å². The van der Waals surface area contributed by atoms with Gasteiger partial charge in [-0.05, 0) is 49.9 Å². The molecule has 0 saturated carbocycles. The zero-order chi connectivity index (χ0) is 14.5. The van der Waals surface area contributed by atoms with Crippen LogP contribution in [-0.4, -0.2) is 22.5 Å². The Morgan fingerprint density at radius 1 is 1.35 bits per heavy atom. The van der Waals surface area contributed by atoms with Crippen LogP contribution in [0.2, 0.25) is 0 Å². The maximum atomic E-state index is 5.70. The molecule has 0 spiro atoms. The summed E-state index contributed by atoms with van der Waals surface area (Å²) in [5, 5.41) is 0. The van der Waals surface area contributed by atoms with Crippen molar-refractivity contribution in [2.45, 2.75) is 58.5 Å². The summed E-state index contributed by atoms with van der Waals surface area (Å²) in [5.41, 5.74) is 9.39. The highest BCUT2D eigenvalue weighted by Crippen LogP contribution is 2.22. The van der Waals surface area contributed by atoms with Crippen LogP contribution >= 0.6 is 12.2 Å². The molecule has 110 valence electrons. The molecule has 1 aromatic rings. The lowest BCUT2D eigenvalue weighted by Crippen LogP contribution is -2.34. The highest BCUT2D eigenvalue weighted by molar-refractivity contribution is 7.80. The molecule has 2 nitrogen and oxygen atoms in total. The number of hydrogen-bond acceptors (Lipinski definition) is 2. The normalized spacial score (nSPS) is 20.6. The Bertz CT molecular complexity index is 470. The topological polar surface area (TPSA) is 29.3 Å². The monoisotopic (exact) mass is 290 g/mol. The molecule has 1 aromatic carbocycles. The number of nitrogens with zero attached hydrogens (tertiary/aromatic N) is 1. The fraction of sp³-hybridized carbons (Fsp3) is 0.588. The lowest BCUT2D eigenvalue weighted by Gasteiger charge is -2.29. The molecular formula is C17H26N2S. The first kappa shape index (κ1) is 15.5. The molecule has 1 aliphatic heterocycles. The van der Waals surface area contributed by atoms with Gasteiger partial charge in [-0.2, -0.15) is 0 Å². The summed E-state index contributed by atoms with van der Waals surface area (Å²) < 4.78 is 0. The fourth-order valence-corrected chi connectivity index (χ4v) is 3.28. The number of rotatable bonds is 4. The molecule has 1 fully saturated rings. The van der Waals surface area contributed by atoms with Crippen molar-refractivity contribution < 1.29 is 0 Å². The van der Waals surface area contributed by atoms with E-state index in [1.54, 1.807) is 0 Å². The van der Waals surface area contributed by atoms with Crippen molar-refractivity contribution in [1.82, 2.24) is 4.90 Å². The van der Waals surface area contributed by atoms with E-state index in [9.17, 15) is 0 Å². The molecule has 0 amide bonds. The molecule has 1 heterocycles. The lowest BCUT2D eigenvalue weighted by atomic mass is 10.0. The Labute approximate surface area is 128 Å². The Balaban J connectivity index is 2.13. The first-order valence-corrected chi connectivity index (χ1v) is 8.16. The molecule has 0 aliphatic carbocycles. The molecule has 2 rings (SSSR count). The van der Waals surface area contributed by atoms with Gasteiger partial charge in [-0.15, -0.1) is 0 Å². The van der Waals surface area contributed by atoms with Crippen molar-refractivity contribution in [3.05, 3.63) is 34.9 Å². The van der Waals surface area contributed by atoms with E-state index < -0.39 is 0 Å². The Morgan fingerprint density at radius 2 is 2.15 bits per heavy atom. The van der Waals surface area contributed by atoms with E-state index in [0.717, 1.165) is 18.2 Å². The van der Waals surface area contributed by atoms with Crippen LogP contribution in [-0.2, 0) is 6.54 Å². The standard InChI is InChI=1S/C17H26N2S/c1-3-16-7-5-4-6-10-19(16)12-15-9-8-14(17(18)20)11-13(15)2/h8-9,11,16H,3-7,10,12H2,1-2H3,(H2,18,20). The quantitative estimate of drug-likeness (QED) is 0.856. The van der Waals surface area contributed by atoms with E-state index in [0.29, 0.717) is 4.99 Å². The summed E-state index contributed by atoms with van der Waals surface area (Å²) in [6.07, 6.45) is 6.70. The average molecular weight is 290 g/mol. The smallest absolute Gasteiger partial charge is 0.103 e.